The lowest BCUT2D eigenvalue weighted by molar-refractivity contribution is 0.0828. The summed E-state index contributed by atoms with van der Waals surface area (Å²) < 4.78 is 11.9. The van der Waals surface area contributed by atoms with Crippen LogP contribution in [-0.4, -0.2) is 41.8 Å². The van der Waals surface area contributed by atoms with Crippen LogP contribution in [0.4, 0.5) is 0 Å². The lowest BCUT2D eigenvalue weighted by Crippen LogP contribution is -2.14. The molecule has 1 heterocycles. The third-order valence-electron chi connectivity index (χ3n) is 2.40. The standard InChI is InChI=1S/C11H19ClN2O3/c1-3-17-6-4-10(15)11-9(12)8-13-14(11)5-7-16-2/h8,10,15H,3-7H2,1-2H3. The van der Waals surface area contributed by atoms with Crippen molar-refractivity contribution in [1.29, 1.82) is 0 Å². The zero-order valence-electron chi connectivity index (χ0n) is 10.2. The van der Waals surface area contributed by atoms with Crippen LogP contribution in [-0.2, 0) is 16.0 Å². The van der Waals surface area contributed by atoms with Crippen molar-refractivity contribution in [3.05, 3.63) is 16.9 Å². The maximum Gasteiger partial charge on any atom is 0.0993 e. The van der Waals surface area contributed by atoms with Gasteiger partial charge >= 0.3 is 0 Å². The fourth-order valence-corrected chi connectivity index (χ4v) is 1.80. The summed E-state index contributed by atoms with van der Waals surface area (Å²) in [5.41, 5.74) is 0.628. The van der Waals surface area contributed by atoms with E-state index in [1.807, 2.05) is 6.92 Å². The molecule has 0 aromatic carbocycles. The van der Waals surface area contributed by atoms with E-state index < -0.39 is 6.10 Å². The van der Waals surface area contributed by atoms with Crippen molar-refractivity contribution < 1.29 is 14.6 Å². The number of hydrogen-bond donors (Lipinski definition) is 1. The van der Waals surface area contributed by atoms with Gasteiger partial charge in [0, 0.05) is 26.7 Å². The largest absolute Gasteiger partial charge is 0.387 e. The van der Waals surface area contributed by atoms with Crippen molar-refractivity contribution in [2.75, 3.05) is 26.9 Å². The Kier molecular flexibility index (Phi) is 6.50. The molecule has 0 fully saturated rings. The van der Waals surface area contributed by atoms with E-state index in [9.17, 15) is 5.11 Å². The van der Waals surface area contributed by atoms with E-state index in [1.54, 1.807) is 11.8 Å². The molecule has 0 aliphatic rings. The zero-order chi connectivity index (χ0) is 12.7. The summed E-state index contributed by atoms with van der Waals surface area (Å²) in [4.78, 5) is 0. The Morgan fingerprint density at radius 3 is 2.94 bits per heavy atom. The first kappa shape index (κ1) is 14.4. The molecular formula is C11H19ClN2O3. The third kappa shape index (κ3) is 4.27. The summed E-state index contributed by atoms with van der Waals surface area (Å²) in [5.74, 6) is 0. The molecule has 0 spiro atoms. The number of aromatic nitrogens is 2. The van der Waals surface area contributed by atoms with Crippen molar-refractivity contribution in [3.63, 3.8) is 0 Å². The number of aliphatic hydroxyl groups is 1. The fraction of sp³-hybridized carbons (Fsp3) is 0.727. The predicted octanol–water partition coefficient (Wildman–Crippen LogP) is 1.64. The Morgan fingerprint density at radius 1 is 1.53 bits per heavy atom. The summed E-state index contributed by atoms with van der Waals surface area (Å²) in [6.45, 7) is 4.17. The second-order valence-electron chi connectivity index (χ2n) is 3.60. The van der Waals surface area contributed by atoms with E-state index >= 15 is 0 Å². The van der Waals surface area contributed by atoms with Crippen LogP contribution in [0.15, 0.2) is 6.20 Å². The minimum atomic E-state index is -0.659. The van der Waals surface area contributed by atoms with Crippen LogP contribution in [0.1, 0.15) is 25.1 Å². The summed E-state index contributed by atoms with van der Waals surface area (Å²) in [6.07, 6.45) is 1.39. The van der Waals surface area contributed by atoms with E-state index in [-0.39, 0.29) is 0 Å². The first-order valence-electron chi connectivity index (χ1n) is 5.66. The van der Waals surface area contributed by atoms with Gasteiger partial charge in [-0.3, -0.25) is 4.68 Å². The quantitative estimate of drug-likeness (QED) is 0.724. The number of halogens is 1. The topological polar surface area (TPSA) is 56.5 Å². The van der Waals surface area contributed by atoms with E-state index in [2.05, 4.69) is 5.10 Å². The maximum absolute atomic E-state index is 10.0. The first-order chi connectivity index (χ1) is 8.20. The molecule has 1 N–H and O–H groups in total. The highest BCUT2D eigenvalue weighted by molar-refractivity contribution is 6.31. The molecule has 0 amide bonds. The van der Waals surface area contributed by atoms with Crippen LogP contribution in [0.2, 0.25) is 5.02 Å². The minimum Gasteiger partial charge on any atom is -0.387 e. The molecule has 0 radical (unpaired) electrons. The van der Waals surface area contributed by atoms with E-state index in [1.165, 1.54) is 6.20 Å². The lowest BCUT2D eigenvalue weighted by Gasteiger charge is -2.13. The molecule has 1 aromatic rings. The van der Waals surface area contributed by atoms with Crippen molar-refractivity contribution >= 4 is 11.6 Å². The number of ether oxygens (including phenoxy) is 2. The molecule has 1 rings (SSSR count). The summed E-state index contributed by atoms with van der Waals surface area (Å²) in [7, 11) is 1.62. The van der Waals surface area contributed by atoms with Gasteiger partial charge in [0.25, 0.3) is 0 Å². The number of hydrogen-bond acceptors (Lipinski definition) is 4. The highest BCUT2D eigenvalue weighted by Gasteiger charge is 2.17. The molecule has 1 atom stereocenters. The molecule has 1 unspecified atom stereocenters. The van der Waals surface area contributed by atoms with Gasteiger partial charge in [-0.25, -0.2) is 0 Å². The average molecular weight is 263 g/mol. The molecule has 17 heavy (non-hydrogen) atoms. The number of methoxy groups -OCH3 is 1. The van der Waals surface area contributed by atoms with Gasteiger partial charge in [-0.1, -0.05) is 11.6 Å². The number of nitrogens with zero attached hydrogens (tertiary/aromatic N) is 2. The molecule has 0 aliphatic heterocycles. The van der Waals surface area contributed by atoms with Crippen molar-refractivity contribution in [1.82, 2.24) is 9.78 Å². The first-order valence-corrected chi connectivity index (χ1v) is 6.04. The van der Waals surface area contributed by atoms with E-state index in [4.69, 9.17) is 21.1 Å². The second-order valence-corrected chi connectivity index (χ2v) is 4.00. The summed E-state index contributed by atoms with van der Waals surface area (Å²) in [6, 6.07) is 0. The third-order valence-corrected chi connectivity index (χ3v) is 2.69. The van der Waals surface area contributed by atoms with Crippen LogP contribution in [0.5, 0.6) is 0 Å². The molecular weight excluding hydrogens is 244 g/mol. The van der Waals surface area contributed by atoms with Crippen LogP contribution < -0.4 is 0 Å². The van der Waals surface area contributed by atoms with Crippen LogP contribution in [0.3, 0.4) is 0 Å². The molecule has 5 nitrogen and oxygen atoms in total. The van der Waals surface area contributed by atoms with E-state index in [0.29, 0.717) is 43.5 Å². The Balaban J connectivity index is 2.63. The van der Waals surface area contributed by atoms with Crippen molar-refractivity contribution in [2.45, 2.75) is 26.0 Å². The van der Waals surface area contributed by atoms with Crippen molar-refractivity contribution in [3.8, 4) is 0 Å². The van der Waals surface area contributed by atoms with Crippen LogP contribution in [0.25, 0.3) is 0 Å². The van der Waals surface area contributed by atoms with Gasteiger partial charge < -0.3 is 14.6 Å². The van der Waals surface area contributed by atoms with Gasteiger partial charge in [0.2, 0.25) is 0 Å². The maximum atomic E-state index is 10.0. The van der Waals surface area contributed by atoms with Gasteiger partial charge in [-0.15, -0.1) is 0 Å². The molecule has 0 bridgehead atoms. The second kappa shape index (κ2) is 7.66. The average Bonchev–Trinajstić information content (AvgIpc) is 2.68. The number of aliphatic hydroxyl groups excluding tert-OH is 1. The molecule has 98 valence electrons. The number of rotatable bonds is 8. The Bertz CT molecular complexity index is 331. The minimum absolute atomic E-state index is 0.477. The highest BCUT2D eigenvalue weighted by Crippen LogP contribution is 2.24. The Morgan fingerprint density at radius 2 is 2.29 bits per heavy atom. The van der Waals surface area contributed by atoms with Gasteiger partial charge in [0.15, 0.2) is 0 Å². The van der Waals surface area contributed by atoms with Crippen molar-refractivity contribution in [2.24, 2.45) is 0 Å². The van der Waals surface area contributed by atoms with Gasteiger partial charge in [0.1, 0.15) is 0 Å². The molecule has 0 aliphatic carbocycles. The Labute approximate surface area is 106 Å². The Hall–Kier alpha value is -0.620. The summed E-state index contributed by atoms with van der Waals surface area (Å²) in [5, 5.41) is 14.6. The smallest absolute Gasteiger partial charge is 0.0993 e. The monoisotopic (exact) mass is 262 g/mol. The predicted molar refractivity (Wildman–Crippen MR) is 65.2 cm³/mol. The fourth-order valence-electron chi connectivity index (χ4n) is 1.54. The summed E-state index contributed by atoms with van der Waals surface area (Å²) >= 11 is 6.01. The van der Waals surface area contributed by atoms with Gasteiger partial charge in [0.05, 0.1) is 36.2 Å². The lowest BCUT2D eigenvalue weighted by atomic mass is 10.2. The zero-order valence-corrected chi connectivity index (χ0v) is 11.0. The molecule has 1 aromatic heterocycles. The van der Waals surface area contributed by atoms with Gasteiger partial charge in [-0.2, -0.15) is 5.10 Å². The SMILES string of the molecule is CCOCCC(O)c1c(Cl)cnn1CCOC. The van der Waals surface area contributed by atoms with Crippen LogP contribution >= 0.6 is 11.6 Å². The normalized spacial score (nSPS) is 12.9. The van der Waals surface area contributed by atoms with E-state index in [0.717, 1.165) is 0 Å². The molecule has 0 saturated carbocycles. The van der Waals surface area contributed by atoms with Gasteiger partial charge in [-0.05, 0) is 6.92 Å². The molecule has 0 saturated heterocycles. The van der Waals surface area contributed by atoms with Crippen LogP contribution in [0, 0.1) is 0 Å². The highest BCUT2D eigenvalue weighted by atomic mass is 35.5. The molecule has 6 heteroatoms.